The molecule has 15 heavy (non-hydrogen) atoms. The lowest BCUT2D eigenvalue weighted by molar-refractivity contribution is 0.165. The molecule has 0 radical (unpaired) electrons. The monoisotopic (exact) mass is 210 g/mol. The Bertz CT molecular complexity index is 286. The minimum atomic E-state index is -0.477. The average Bonchev–Trinajstić information content (AvgIpc) is 2.29. The van der Waals surface area contributed by atoms with Gasteiger partial charge in [0.15, 0.2) is 0 Å². The number of aliphatic hydroxyl groups is 2. The van der Waals surface area contributed by atoms with Gasteiger partial charge in [0, 0.05) is 18.6 Å². The number of hydrogen-bond donors (Lipinski definition) is 2. The molecule has 2 N–H and O–H groups in total. The number of ether oxygens (including phenoxy) is 1. The molecule has 84 valence electrons. The van der Waals surface area contributed by atoms with Crippen molar-refractivity contribution >= 4 is 0 Å². The van der Waals surface area contributed by atoms with Crippen LogP contribution in [0.3, 0.4) is 0 Å². The molecule has 3 heteroatoms. The van der Waals surface area contributed by atoms with E-state index in [1.807, 2.05) is 31.2 Å². The summed E-state index contributed by atoms with van der Waals surface area (Å²) < 4.78 is 5.48. The standard InChI is InChI=1S/C12H18O3/c1-2-11(14)10-6-3-4-7-12(10)15-9-5-8-13/h3-4,6-7,11,13-14H,2,5,8-9H2,1H3. The van der Waals surface area contributed by atoms with Crippen LogP contribution in [0.2, 0.25) is 0 Å². The molecule has 0 aliphatic rings. The lowest BCUT2D eigenvalue weighted by atomic mass is 10.1. The van der Waals surface area contributed by atoms with Crippen LogP contribution >= 0.6 is 0 Å². The molecule has 1 rings (SSSR count). The summed E-state index contributed by atoms with van der Waals surface area (Å²) in [5, 5.41) is 18.4. The molecular weight excluding hydrogens is 192 g/mol. The van der Waals surface area contributed by atoms with Crippen LogP contribution in [0.15, 0.2) is 24.3 Å². The smallest absolute Gasteiger partial charge is 0.125 e. The molecule has 1 aromatic carbocycles. The SMILES string of the molecule is CCC(O)c1ccccc1OCCCO. The molecule has 0 heterocycles. The molecule has 1 aromatic rings. The van der Waals surface area contributed by atoms with Crippen molar-refractivity contribution in [1.29, 1.82) is 0 Å². The van der Waals surface area contributed by atoms with Crippen molar-refractivity contribution in [1.82, 2.24) is 0 Å². The van der Waals surface area contributed by atoms with Gasteiger partial charge in [0.05, 0.1) is 12.7 Å². The molecule has 0 amide bonds. The minimum Gasteiger partial charge on any atom is -0.493 e. The first-order valence-corrected chi connectivity index (χ1v) is 5.30. The van der Waals surface area contributed by atoms with Gasteiger partial charge in [0.25, 0.3) is 0 Å². The third kappa shape index (κ3) is 3.53. The Morgan fingerprint density at radius 3 is 2.73 bits per heavy atom. The fraction of sp³-hybridized carbons (Fsp3) is 0.500. The van der Waals surface area contributed by atoms with Crippen molar-refractivity contribution in [2.24, 2.45) is 0 Å². The maximum atomic E-state index is 9.74. The summed E-state index contributed by atoms with van der Waals surface area (Å²) in [6.45, 7) is 2.53. The maximum Gasteiger partial charge on any atom is 0.125 e. The number of hydrogen-bond acceptors (Lipinski definition) is 3. The molecule has 1 unspecified atom stereocenters. The fourth-order valence-electron chi connectivity index (χ4n) is 1.35. The van der Waals surface area contributed by atoms with Crippen molar-refractivity contribution < 1.29 is 14.9 Å². The Morgan fingerprint density at radius 1 is 1.33 bits per heavy atom. The van der Waals surface area contributed by atoms with Crippen molar-refractivity contribution in [2.45, 2.75) is 25.9 Å². The summed E-state index contributed by atoms with van der Waals surface area (Å²) in [7, 11) is 0. The molecule has 0 saturated carbocycles. The van der Waals surface area contributed by atoms with E-state index in [4.69, 9.17) is 9.84 Å². The van der Waals surface area contributed by atoms with Gasteiger partial charge in [-0.3, -0.25) is 0 Å². The molecular formula is C12H18O3. The van der Waals surface area contributed by atoms with E-state index >= 15 is 0 Å². The number of benzene rings is 1. The largest absolute Gasteiger partial charge is 0.493 e. The van der Waals surface area contributed by atoms with Crippen molar-refractivity contribution in [2.75, 3.05) is 13.2 Å². The lowest BCUT2D eigenvalue weighted by Crippen LogP contribution is -2.04. The normalized spacial score (nSPS) is 12.5. The molecule has 0 saturated heterocycles. The lowest BCUT2D eigenvalue weighted by Gasteiger charge is -2.14. The third-order valence-corrected chi connectivity index (χ3v) is 2.22. The Kier molecular flexibility index (Phi) is 5.15. The zero-order valence-corrected chi connectivity index (χ0v) is 9.02. The molecule has 0 fully saturated rings. The van der Waals surface area contributed by atoms with Gasteiger partial charge in [0.1, 0.15) is 5.75 Å². The van der Waals surface area contributed by atoms with Crippen molar-refractivity contribution in [3.05, 3.63) is 29.8 Å². The van der Waals surface area contributed by atoms with E-state index in [0.29, 0.717) is 25.2 Å². The van der Waals surface area contributed by atoms with E-state index in [1.165, 1.54) is 0 Å². The second-order valence-electron chi connectivity index (χ2n) is 3.39. The highest BCUT2D eigenvalue weighted by Gasteiger charge is 2.10. The van der Waals surface area contributed by atoms with Gasteiger partial charge in [0.2, 0.25) is 0 Å². The van der Waals surface area contributed by atoms with Gasteiger partial charge in [-0.2, -0.15) is 0 Å². The summed E-state index contributed by atoms with van der Waals surface area (Å²) >= 11 is 0. The number of para-hydroxylation sites is 1. The predicted molar refractivity (Wildman–Crippen MR) is 58.9 cm³/mol. The number of rotatable bonds is 6. The van der Waals surface area contributed by atoms with Gasteiger partial charge < -0.3 is 14.9 Å². The fourth-order valence-corrected chi connectivity index (χ4v) is 1.35. The molecule has 0 spiro atoms. The molecule has 3 nitrogen and oxygen atoms in total. The summed E-state index contributed by atoms with van der Waals surface area (Å²) in [5.74, 6) is 0.709. The van der Waals surface area contributed by atoms with E-state index in [-0.39, 0.29) is 6.61 Å². The summed E-state index contributed by atoms with van der Waals surface area (Å²) in [6.07, 6.45) is 0.798. The van der Waals surface area contributed by atoms with E-state index in [0.717, 1.165) is 5.56 Å². The van der Waals surface area contributed by atoms with Crippen molar-refractivity contribution in [3.8, 4) is 5.75 Å². The molecule has 0 bridgehead atoms. The highest BCUT2D eigenvalue weighted by Crippen LogP contribution is 2.26. The zero-order valence-electron chi connectivity index (χ0n) is 9.02. The van der Waals surface area contributed by atoms with Gasteiger partial charge >= 0.3 is 0 Å². The van der Waals surface area contributed by atoms with E-state index in [9.17, 15) is 5.11 Å². The van der Waals surface area contributed by atoms with Gasteiger partial charge in [-0.05, 0) is 12.5 Å². The van der Waals surface area contributed by atoms with Crippen LogP contribution in [0, 0.1) is 0 Å². The Hall–Kier alpha value is -1.06. The number of aliphatic hydroxyl groups excluding tert-OH is 2. The first kappa shape index (κ1) is 12.0. The first-order chi connectivity index (χ1) is 7.29. The highest BCUT2D eigenvalue weighted by molar-refractivity contribution is 5.34. The zero-order chi connectivity index (χ0) is 11.1. The van der Waals surface area contributed by atoms with E-state index < -0.39 is 6.10 Å². The molecule has 0 aliphatic heterocycles. The minimum absolute atomic E-state index is 0.124. The quantitative estimate of drug-likeness (QED) is 0.705. The molecule has 0 aromatic heterocycles. The van der Waals surface area contributed by atoms with Crippen molar-refractivity contribution in [3.63, 3.8) is 0 Å². The summed E-state index contributed by atoms with van der Waals surface area (Å²) in [5.41, 5.74) is 0.818. The van der Waals surface area contributed by atoms with E-state index in [1.54, 1.807) is 0 Å². The summed E-state index contributed by atoms with van der Waals surface area (Å²) in [6, 6.07) is 7.46. The van der Waals surface area contributed by atoms with Gasteiger partial charge in [-0.25, -0.2) is 0 Å². The molecule has 1 atom stereocenters. The van der Waals surface area contributed by atoms with Crippen LogP contribution in [0.4, 0.5) is 0 Å². The first-order valence-electron chi connectivity index (χ1n) is 5.30. The second-order valence-corrected chi connectivity index (χ2v) is 3.39. The third-order valence-electron chi connectivity index (χ3n) is 2.22. The predicted octanol–water partition coefficient (Wildman–Crippen LogP) is 1.89. The maximum absolute atomic E-state index is 9.74. The van der Waals surface area contributed by atoms with Crippen LogP contribution in [0.25, 0.3) is 0 Å². The highest BCUT2D eigenvalue weighted by atomic mass is 16.5. The van der Waals surface area contributed by atoms with Gasteiger partial charge in [-0.1, -0.05) is 25.1 Å². The van der Waals surface area contributed by atoms with Crippen LogP contribution in [0.1, 0.15) is 31.4 Å². The van der Waals surface area contributed by atoms with E-state index in [2.05, 4.69) is 0 Å². The average molecular weight is 210 g/mol. The Balaban J connectivity index is 2.68. The van der Waals surface area contributed by atoms with Crippen LogP contribution in [-0.4, -0.2) is 23.4 Å². The van der Waals surface area contributed by atoms with Crippen LogP contribution in [0.5, 0.6) is 5.75 Å². The van der Waals surface area contributed by atoms with Gasteiger partial charge in [-0.15, -0.1) is 0 Å². The molecule has 0 aliphatic carbocycles. The Morgan fingerprint density at radius 2 is 2.07 bits per heavy atom. The Labute approximate surface area is 90.3 Å². The second kappa shape index (κ2) is 6.43. The summed E-state index contributed by atoms with van der Waals surface area (Å²) in [4.78, 5) is 0. The van der Waals surface area contributed by atoms with Crippen LogP contribution in [-0.2, 0) is 0 Å². The topological polar surface area (TPSA) is 49.7 Å². The van der Waals surface area contributed by atoms with Crippen LogP contribution < -0.4 is 4.74 Å².